The minimum absolute atomic E-state index is 0.321. The van der Waals surface area contributed by atoms with Crippen molar-refractivity contribution in [2.24, 2.45) is 0 Å². The van der Waals surface area contributed by atoms with Crippen molar-refractivity contribution in [3.63, 3.8) is 0 Å². The average molecular weight is 502 g/mol. The van der Waals surface area contributed by atoms with Crippen molar-refractivity contribution < 1.29 is 13.9 Å². The van der Waals surface area contributed by atoms with Crippen LogP contribution in [0.4, 0.5) is 16.0 Å². The summed E-state index contributed by atoms with van der Waals surface area (Å²) in [5.41, 5.74) is 3.50. The molecule has 0 aliphatic carbocycles. The summed E-state index contributed by atoms with van der Waals surface area (Å²) < 4.78 is 20.8. The second kappa shape index (κ2) is 10.2. The SMILES string of the molecule is COc1ccccc1NC(=O)C1=C(C)Nc2nc(SCc3ccccc3)nn2[C@H]1c1ccc(F)cc1. The molecule has 1 atom stereocenters. The van der Waals surface area contributed by atoms with Gasteiger partial charge in [-0.1, -0.05) is 66.4 Å². The van der Waals surface area contributed by atoms with Crippen LogP contribution in [0.3, 0.4) is 0 Å². The van der Waals surface area contributed by atoms with Gasteiger partial charge in [0.1, 0.15) is 17.6 Å². The summed E-state index contributed by atoms with van der Waals surface area (Å²) in [6.07, 6.45) is 0. The Balaban J connectivity index is 1.50. The van der Waals surface area contributed by atoms with Crippen LogP contribution >= 0.6 is 11.8 Å². The minimum Gasteiger partial charge on any atom is -0.495 e. The van der Waals surface area contributed by atoms with E-state index in [1.807, 2.05) is 37.3 Å². The van der Waals surface area contributed by atoms with E-state index in [0.29, 0.717) is 45.1 Å². The summed E-state index contributed by atoms with van der Waals surface area (Å²) in [6.45, 7) is 1.82. The first-order chi connectivity index (χ1) is 17.5. The van der Waals surface area contributed by atoms with Crippen LogP contribution < -0.4 is 15.4 Å². The Bertz CT molecular complexity index is 1420. The molecule has 2 N–H and O–H groups in total. The van der Waals surface area contributed by atoms with Crippen LogP contribution in [0, 0.1) is 5.82 Å². The number of aromatic nitrogens is 3. The number of halogens is 1. The van der Waals surface area contributed by atoms with E-state index >= 15 is 0 Å². The zero-order chi connectivity index (χ0) is 25.1. The van der Waals surface area contributed by atoms with E-state index in [1.54, 1.807) is 36.1 Å². The summed E-state index contributed by atoms with van der Waals surface area (Å²) in [7, 11) is 1.55. The van der Waals surface area contributed by atoms with Crippen molar-refractivity contribution in [2.45, 2.75) is 23.9 Å². The van der Waals surface area contributed by atoms with E-state index in [-0.39, 0.29) is 11.7 Å². The number of hydrogen-bond acceptors (Lipinski definition) is 6. The highest BCUT2D eigenvalue weighted by Crippen LogP contribution is 2.37. The van der Waals surface area contributed by atoms with Gasteiger partial charge in [0.2, 0.25) is 11.1 Å². The smallest absolute Gasteiger partial charge is 0.255 e. The fourth-order valence-corrected chi connectivity index (χ4v) is 4.88. The first-order valence-electron chi connectivity index (χ1n) is 11.3. The number of nitrogens with one attached hydrogen (secondary N) is 2. The van der Waals surface area contributed by atoms with Crippen LogP contribution in [0.25, 0.3) is 0 Å². The van der Waals surface area contributed by atoms with Crippen molar-refractivity contribution in [2.75, 3.05) is 17.7 Å². The summed E-state index contributed by atoms with van der Waals surface area (Å²) in [4.78, 5) is 18.3. The van der Waals surface area contributed by atoms with Gasteiger partial charge >= 0.3 is 0 Å². The Hall–Kier alpha value is -4.11. The fraction of sp³-hybridized carbons (Fsp3) is 0.148. The summed E-state index contributed by atoms with van der Waals surface area (Å²) >= 11 is 1.51. The van der Waals surface area contributed by atoms with E-state index in [1.165, 1.54) is 23.9 Å². The van der Waals surface area contributed by atoms with Gasteiger partial charge in [0.15, 0.2) is 0 Å². The quantitative estimate of drug-likeness (QED) is 0.319. The number of hydrogen-bond donors (Lipinski definition) is 2. The number of carbonyl (C=O) groups excluding carboxylic acids is 1. The van der Waals surface area contributed by atoms with Gasteiger partial charge in [0.05, 0.1) is 18.4 Å². The Morgan fingerprint density at radius 1 is 1.08 bits per heavy atom. The molecule has 9 heteroatoms. The number of methoxy groups -OCH3 is 1. The van der Waals surface area contributed by atoms with Gasteiger partial charge in [0.25, 0.3) is 5.91 Å². The van der Waals surface area contributed by atoms with Crippen LogP contribution in [0.5, 0.6) is 5.75 Å². The lowest BCUT2D eigenvalue weighted by Gasteiger charge is -2.28. The lowest BCUT2D eigenvalue weighted by Crippen LogP contribution is -2.31. The number of amides is 1. The molecule has 0 saturated heterocycles. The predicted octanol–water partition coefficient (Wildman–Crippen LogP) is 5.65. The highest BCUT2D eigenvalue weighted by atomic mass is 32.2. The molecule has 5 rings (SSSR count). The van der Waals surface area contributed by atoms with Gasteiger partial charge in [-0.25, -0.2) is 9.07 Å². The normalized spacial score (nSPS) is 14.7. The number of para-hydroxylation sites is 2. The zero-order valence-electron chi connectivity index (χ0n) is 19.7. The zero-order valence-corrected chi connectivity index (χ0v) is 20.6. The molecule has 1 aromatic heterocycles. The number of thioether (sulfide) groups is 1. The largest absolute Gasteiger partial charge is 0.495 e. The minimum atomic E-state index is -0.602. The number of benzene rings is 3. The molecule has 3 aromatic carbocycles. The standard InChI is InChI=1S/C27H24FN5O2S/c1-17-23(25(34)30-21-10-6-7-11-22(21)35-2)24(19-12-14-20(28)15-13-19)33-26(29-17)31-27(32-33)36-16-18-8-4-3-5-9-18/h3-15,24H,16H2,1-2H3,(H,30,34)(H,29,31,32)/t24-/m0/s1. The molecule has 1 aliphatic rings. The molecule has 7 nitrogen and oxygen atoms in total. The Morgan fingerprint density at radius 3 is 2.56 bits per heavy atom. The third-order valence-electron chi connectivity index (χ3n) is 5.83. The molecule has 0 bridgehead atoms. The van der Waals surface area contributed by atoms with Crippen molar-refractivity contribution in [1.29, 1.82) is 0 Å². The van der Waals surface area contributed by atoms with Gasteiger partial charge in [-0.2, -0.15) is 4.98 Å². The topological polar surface area (TPSA) is 81.1 Å². The Kier molecular flexibility index (Phi) is 6.73. The van der Waals surface area contributed by atoms with Crippen molar-refractivity contribution in [1.82, 2.24) is 14.8 Å². The molecule has 0 radical (unpaired) electrons. The molecule has 4 aromatic rings. The first-order valence-corrected chi connectivity index (χ1v) is 12.3. The maximum atomic E-state index is 13.8. The van der Waals surface area contributed by atoms with E-state index in [2.05, 4.69) is 27.8 Å². The molecule has 2 heterocycles. The lowest BCUT2D eigenvalue weighted by molar-refractivity contribution is -0.113. The van der Waals surface area contributed by atoms with Crippen LogP contribution in [-0.4, -0.2) is 27.8 Å². The van der Waals surface area contributed by atoms with Gasteiger partial charge in [-0.15, -0.1) is 5.10 Å². The first kappa shape index (κ1) is 23.6. The summed E-state index contributed by atoms with van der Waals surface area (Å²) in [6, 6.07) is 22.8. The molecular weight excluding hydrogens is 477 g/mol. The van der Waals surface area contributed by atoms with E-state index < -0.39 is 6.04 Å². The molecule has 1 aliphatic heterocycles. The predicted molar refractivity (Wildman–Crippen MR) is 139 cm³/mol. The number of nitrogens with zero attached hydrogens (tertiary/aromatic N) is 3. The van der Waals surface area contributed by atoms with Crippen molar-refractivity contribution in [3.8, 4) is 5.75 Å². The van der Waals surface area contributed by atoms with Gasteiger partial charge in [0, 0.05) is 11.4 Å². The Labute approximate surface area is 212 Å². The molecule has 1 amide bonds. The van der Waals surface area contributed by atoms with E-state index in [0.717, 1.165) is 5.56 Å². The van der Waals surface area contributed by atoms with Crippen LogP contribution in [0.1, 0.15) is 24.1 Å². The summed E-state index contributed by atoms with van der Waals surface area (Å²) in [5, 5.41) is 11.5. The molecule has 182 valence electrons. The third kappa shape index (κ3) is 4.83. The number of ether oxygens (including phenoxy) is 1. The van der Waals surface area contributed by atoms with Crippen molar-refractivity contribution in [3.05, 3.63) is 107 Å². The van der Waals surface area contributed by atoms with Crippen molar-refractivity contribution >= 4 is 29.3 Å². The third-order valence-corrected chi connectivity index (χ3v) is 6.74. The number of fused-ring (bicyclic) bond motifs is 1. The van der Waals surface area contributed by atoms with Crippen LogP contribution in [0.15, 0.2) is 95.3 Å². The number of anilines is 2. The Morgan fingerprint density at radius 2 is 1.81 bits per heavy atom. The molecule has 0 fully saturated rings. The second-order valence-electron chi connectivity index (χ2n) is 8.21. The maximum absolute atomic E-state index is 13.8. The monoisotopic (exact) mass is 501 g/mol. The van der Waals surface area contributed by atoms with Crippen LogP contribution in [-0.2, 0) is 10.5 Å². The van der Waals surface area contributed by atoms with Gasteiger partial charge < -0.3 is 15.4 Å². The average Bonchev–Trinajstić information content (AvgIpc) is 3.30. The molecule has 36 heavy (non-hydrogen) atoms. The second-order valence-corrected chi connectivity index (χ2v) is 9.15. The lowest BCUT2D eigenvalue weighted by atomic mass is 9.95. The van der Waals surface area contributed by atoms with E-state index in [9.17, 15) is 9.18 Å². The molecular formula is C27H24FN5O2S. The highest BCUT2D eigenvalue weighted by Gasteiger charge is 2.34. The molecule has 0 spiro atoms. The molecule has 0 unspecified atom stereocenters. The van der Waals surface area contributed by atoms with Crippen LogP contribution in [0.2, 0.25) is 0 Å². The number of allylic oxidation sites excluding steroid dienone is 1. The number of carbonyl (C=O) groups is 1. The van der Waals surface area contributed by atoms with E-state index in [4.69, 9.17) is 9.84 Å². The van der Waals surface area contributed by atoms with Gasteiger partial charge in [-0.3, -0.25) is 4.79 Å². The van der Waals surface area contributed by atoms with Gasteiger partial charge in [-0.05, 0) is 42.3 Å². The maximum Gasteiger partial charge on any atom is 0.255 e. The summed E-state index contributed by atoms with van der Waals surface area (Å²) in [5.74, 6) is 1.10. The fourth-order valence-electron chi connectivity index (χ4n) is 4.10. The molecule has 0 saturated carbocycles. The highest BCUT2D eigenvalue weighted by molar-refractivity contribution is 7.98. The number of rotatable bonds is 7.